The average molecular weight is 495 g/mol. The molecule has 184 valence electrons. The number of benzene rings is 2. The summed E-state index contributed by atoms with van der Waals surface area (Å²) < 4.78 is 19.2. The third-order valence-electron chi connectivity index (χ3n) is 6.16. The highest BCUT2D eigenvalue weighted by Gasteiger charge is 2.26. The van der Waals surface area contributed by atoms with Crippen molar-refractivity contribution >= 4 is 23.2 Å². The van der Waals surface area contributed by atoms with Gasteiger partial charge in [-0.05, 0) is 54.0 Å². The van der Waals surface area contributed by atoms with Crippen molar-refractivity contribution in [3.8, 4) is 0 Å². The van der Waals surface area contributed by atoms with E-state index in [1.165, 1.54) is 12.1 Å². The third-order valence-corrected chi connectivity index (χ3v) is 7.02. The molecule has 1 aromatic heterocycles. The molecule has 1 saturated heterocycles. The van der Waals surface area contributed by atoms with Gasteiger partial charge in [-0.3, -0.25) is 9.59 Å². The summed E-state index contributed by atoms with van der Waals surface area (Å²) in [6.07, 6.45) is 2.80. The summed E-state index contributed by atoms with van der Waals surface area (Å²) in [5.74, 6) is -0.485. The van der Waals surface area contributed by atoms with Gasteiger partial charge in [0, 0.05) is 31.0 Å². The predicted octanol–water partition coefficient (Wildman–Crippen LogP) is 5.06. The van der Waals surface area contributed by atoms with E-state index in [4.69, 9.17) is 4.74 Å². The van der Waals surface area contributed by atoms with E-state index in [1.54, 1.807) is 33.3 Å². The van der Waals surface area contributed by atoms with Crippen LogP contribution in [-0.4, -0.2) is 47.4 Å². The number of thiophene rings is 1. The van der Waals surface area contributed by atoms with Crippen LogP contribution in [0.1, 0.15) is 35.3 Å². The standard InChI is InChI=1S/C28H31FN2O3S/c29-24-13-10-23(11-14-24)18-30(20-26-9-5-17-35-26)28(33)21-31(19-25-8-4-16-34-25)27(32)15-12-22-6-2-1-3-7-22/h1-3,5-7,9-11,13-14,17,25H,4,8,12,15-16,18-21H2. The zero-order valence-electron chi connectivity index (χ0n) is 19.8. The molecule has 35 heavy (non-hydrogen) atoms. The van der Waals surface area contributed by atoms with Gasteiger partial charge >= 0.3 is 0 Å². The van der Waals surface area contributed by atoms with E-state index in [1.807, 2.05) is 47.8 Å². The van der Waals surface area contributed by atoms with Crippen molar-refractivity contribution in [2.45, 2.75) is 44.9 Å². The summed E-state index contributed by atoms with van der Waals surface area (Å²) in [5, 5.41) is 1.98. The van der Waals surface area contributed by atoms with Crippen LogP contribution in [0.15, 0.2) is 72.1 Å². The van der Waals surface area contributed by atoms with E-state index >= 15 is 0 Å². The lowest BCUT2D eigenvalue weighted by atomic mass is 10.1. The van der Waals surface area contributed by atoms with Gasteiger partial charge in [0.25, 0.3) is 0 Å². The average Bonchev–Trinajstić information content (AvgIpc) is 3.58. The van der Waals surface area contributed by atoms with Crippen molar-refractivity contribution in [2.75, 3.05) is 19.7 Å². The predicted molar refractivity (Wildman–Crippen MR) is 135 cm³/mol. The van der Waals surface area contributed by atoms with Gasteiger partial charge in [-0.2, -0.15) is 0 Å². The van der Waals surface area contributed by atoms with Gasteiger partial charge < -0.3 is 14.5 Å². The summed E-state index contributed by atoms with van der Waals surface area (Å²) in [6, 6.07) is 20.0. The molecule has 0 aliphatic carbocycles. The van der Waals surface area contributed by atoms with Gasteiger partial charge in [0.15, 0.2) is 0 Å². The maximum absolute atomic E-state index is 13.5. The smallest absolute Gasteiger partial charge is 0.242 e. The van der Waals surface area contributed by atoms with Gasteiger partial charge in [0.2, 0.25) is 11.8 Å². The SMILES string of the molecule is O=C(CN(CC1CCCO1)C(=O)CCc1ccccc1)N(Cc1ccc(F)cc1)Cc1cccs1. The lowest BCUT2D eigenvalue weighted by Gasteiger charge is -2.29. The quantitative estimate of drug-likeness (QED) is 0.375. The highest BCUT2D eigenvalue weighted by atomic mass is 32.1. The lowest BCUT2D eigenvalue weighted by Crippen LogP contribution is -2.45. The molecule has 2 aromatic carbocycles. The Bertz CT molecular complexity index is 1070. The molecule has 0 bridgehead atoms. The summed E-state index contributed by atoms with van der Waals surface area (Å²) in [6.45, 7) is 1.91. The molecule has 0 N–H and O–H groups in total. The minimum Gasteiger partial charge on any atom is -0.376 e. The van der Waals surface area contributed by atoms with Gasteiger partial charge in [-0.25, -0.2) is 4.39 Å². The molecule has 1 atom stereocenters. The van der Waals surface area contributed by atoms with Gasteiger partial charge in [-0.1, -0.05) is 48.5 Å². The minimum absolute atomic E-state index is 0.0000525. The molecule has 3 aromatic rings. The van der Waals surface area contributed by atoms with Crippen molar-refractivity contribution in [1.82, 2.24) is 9.80 Å². The second-order valence-electron chi connectivity index (χ2n) is 8.85. The van der Waals surface area contributed by atoms with Crippen molar-refractivity contribution in [3.05, 3.63) is 93.9 Å². The Morgan fingerprint density at radius 3 is 2.40 bits per heavy atom. The third kappa shape index (κ3) is 7.73. The number of carbonyl (C=O) groups excluding carboxylic acids is 2. The molecular weight excluding hydrogens is 463 g/mol. The Hall–Kier alpha value is -3.03. The number of aryl methyl sites for hydroxylation is 1. The van der Waals surface area contributed by atoms with Gasteiger partial charge in [-0.15, -0.1) is 11.3 Å². The van der Waals surface area contributed by atoms with Crippen molar-refractivity contribution < 1.29 is 18.7 Å². The Labute approximate surface area is 210 Å². The van der Waals surface area contributed by atoms with Crippen LogP contribution >= 0.6 is 11.3 Å². The number of amides is 2. The highest BCUT2D eigenvalue weighted by molar-refractivity contribution is 7.09. The van der Waals surface area contributed by atoms with E-state index in [-0.39, 0.29) is 30.3 Å². The highest BCUT2D eigenvalue weighted by Crippen LogP contribution is 2.18. The van der Waals surface area contributed by atoms with Crippen LogP contribution in [0.25, 0.3) is 0 Å². The number of ether oxygens (including phenoxy) is 1. The molecule has 4 rings (SSSR count). The van der Waals surface area contributed by atoms with Crippen molar-refractivity contribution in [2.24, 2.45) is 0 Å². The molecule has 7 heteroatoms. The number of hydrogen-bond acceptors (Lipinski definition) is 4. The van der Waals surface area contributed by atoms with Crippen LogP contribution in [0.5, 0.6) is 0 Å². The fourth-order valence-corrected chi connectivity index (χ4v) is 4.96. The van der Waals surface area contributed by atoms with Gasteiger partial charge in [0.05, 0.1) is 19.2 Å². The fraction of sp³-hybridized carbons (Fsp3) is 0.357. The molecule has 1 fully saturated rings. The molecular formula is C28H31FN2O3S. The van der Waals surface area contributed by atoms with E-state index in [2.05, 4.69) is 0 Å². The molecule has 2 amide bonds. The number of carbonyl (C=O) groups is 2. The zero-order chi connectivity index (χ0) is 24.5. The topological polar surface area (TPSA) is 49.9 Å². The summed E-state index contributed by atoms with van der Waals surface area (Å²) >= 11 is 1.58. The van der Waals surface area contributed by atoms with E-state index in [0.717, 1.165) is 28.8 Å². The molecule has 0 spiro atoms. The second kappa shape index (κ2) is 12.6. The first-order valence-corrected chi connectivity index (χ1v) is 12.9. The zero-order valence-corrected chi connectivity index (χ0v) is 20.6. The number of halogens is 1. The van der Waals surface area contributed by atoms with E-state index < -0.39 is 0 Å². The fourth-order valence-electron chi connectivity index (χ4n) is 4.24. The maximum Gasteiger partial charge on any atom is 0.242 e. The summed E-state index contributed by atoms with van der Waals surface area (Å²) in [5.41, 5.74) is 1.94. The van der Waals surface area contributed by atoms with Crippen LogP contribution in [0.4, 0.5) is 4.39 Å². The molecule has 1 aliphatic rings. The largest absolute Gasteiger partial charge is 0.376 e. The first kappa shape index (κ1) is 25.1. The Morgan fingerprint density at radius 1 is 0.914 bits per heavy atom. The van der Waals surface area contributed by atoms with Crippen LogP contribution in [-0.2, 0) is 33.8 Å². The normalized spacial score (nSPS) is 15.2. The Balaban J connectivity index is 1.46. The maximum atomic E-state index is 13.5. The first-order chi connectivity index (χ1) is 17.1. The number of hydrogen-bond donors (Lipinski definition) is 0. The Kier molecular flexibility index (Phi) is 9.03. The molecule has 1 aliphatic heterocycles. The van der Waals surface area contributed by atoms with Crippen LogP contribution in [0.3, 0.4) is 0 Å². The second-order valence-corrected chi connectivity index (χ2v) is 9.88. The van der Waals surface area contributed by atoms with Crippen molar-refractivity contribution in [3.63, 3.8) is 0 Å². The monoisotopic (exact) mass is 494 g/mol. The lowest BCUT2D eigenvalue weighted by molar-refractivity contribution is -0.142. The van der Waals surface area contributed by atoms with Crippen LogP contribution in [0, 0.1) is 5.82 Å². The minimum atomic E-state index is -0.309. The molecule has 2 heterocycles. The van der Waals surface area contributed by atoms with E-state index in [9.17, 15) is 14.0 Å². The van der Waals surface area contributed by atoms with Crippen LogP contribution < -0.4 is 0 Å². The Morgan fingerprint density at radius 2 is 1.71 bits per heavy atom. The van der Waals surface area contributed by atoms with E-state index in [0.29, 0.717) is 39.1 Å². The number of rotatable bonds is 11. The number of nitrogens with zero attached hydrogens (tertiary/aromatic N) is 2. The van der Waals surface area contributed by atoms with Crippen molar-refractivity contribution in [1.29, 1.82) is 0 Å². The first-order valence-electron chi connectivity index (χ1n) is 12.0. The molecule has 5 nitrogen and oxygen atoms in total. The summed E-state index contributed by atoms with van der Waals surface area (Å²) in [7, 11) is 0. The van der Waals surface area contributed by atoms with Gasteiger partial charge in [0.1, 0.15) is 5.82 Å². The van der Waals surface area contributed by atoms with Crippen LogP contribution in [0.2, 0.25) is 0 Å². The molecule has 0 radical (unpaired) electrons. The summed E-state index contributed by atoms with van der Waals surface area (Å²) in [4.78, 5) is 31.2. The molecule has 0 saturated carbocycles. The molecule has 1 unspecified atom stereocenters.